The minimum absolute atomic E-state index is 0.166. The summed E-state index contributed by atoms with van der Waals surface area (Å²) in [4.78, 5) is 21.8. The summed E-state index contributed by atoms with van der Waals surface area (Å²) in [6.45, 7) is 1.59. The lowest BCUT2D eigenvalue weighted by Crippen LogP contribution is -2.33. The Labute approximate surface area is 76.4 Å². The van der Waals surface area contributed by atoms with Crippen LogP contribution in [0, 0.1) is 5.92 Å². The van der Waals surface area contributed by atoms with E-state index in [0.717, 1.165) is 25.9 Å². The first-order valence-corrected chi connectivity index (χ1v) is 4.24. The maximum atomic E-state index is 11.2. The molecule has 0 atom stereocenters. The molecule has 0 aromatic heterocycles. The summed E-state index contributed by atoms with van der Waals surface area (Å²) in [5, 5.41) is 3.11. The van der Waals surface area contributed by atoms with Crippen molar-refractivity contribution < 1.29 is 19.1 Å². The smallest absolute Gasteiger partial charge is 0.437 e. The summed E-state index contributed by atoms with van der Waals surface area (Å²) >= 11 is 0. The second-order valence-electron chi connectivity index (χ2n) is 2.90. The number of carbonyl (C=O) groups excluding carboxylic acids is 2. The molecule has 5 nitrogen and oxygen atoms in total. The summed E-state index contributed by atoms with van der Waals surface area (Å²) in [6.07, 6.45) is 0.509. The third kappa shape index (κ3) is 3.02. The molecule has 0 spiro atoms. The van der Waals surface area contributed by atoms with Gasteiger partial charge in [0.15, 0.2) is 0 Å². The van der Waals surface area contributed by atoms with Crippen molar-refractivity contribution in [3.05, 3.63) is 0 Å². The number of esters is 1. The van der Waals surface area contributed by atoms with Gasteiger partial charge in [-0.25, -0.2) is 4.79 Å². The lowest BCUT2D eigenvalue weighted by atomic mass is 9.99. The molecule has 0 amide bonds. The van der Waals surface area contributed by atoms with Gasteiger partial charge in [-0.2, -0.15) is 0 Å². The van der Waals surface area contributed by atoms with Gasteiger partial charge in [-0.05, 0) is 25.9 Å². The van der Waals surface area contributed by atoms with Crippen molar-refractivity contribution in [3.63, 3.8) is 0 Å². The average Bonchev–Trinajstić information content (AvgIpc) is 2.19. The Morgan fingerprint density at radius 1 is 1.31 bits per heavy atom. The van der Waals surface area contributed by atoms with Crippen LogP contribution in [0.15, 0.2) is 0 Å². The van der Waals surface area contributed by atoms with Gasteiger partial charge in [-0.3, -0.25) is 4.79 Å². The van der Waals surface area contributed by atoms with Crippen molar-refractivity contribution in [1.82, 2.24) is 5.32 Å². The monoisotopic (exact) mass is 187 g/mol. The molecule has 5 heteroatoms. The van der Waals surface area contributed by atoms with E-state index in [0.29, 0.717) is 0 Å². The molecule has 1 aliphatic rings. The lowest BCUT2D eigenvalue weighted by molar-refractivity contribution is -0.145. The first-order valence-electron chi connectivity index (χ1n) is 4.24. The van der Waals surface area contributed by atoms with E-state index in [1.165, 1.54) is 7.11 Å². The zero-order valence-electron chi connectivity index (χ0n) is 7.54. The van der Waals surface area contributed by atoms with Crippen molar-refractivity contribution in [2.24, 2.45) is 5.92 Å². The zero-order valence-corrected chi connectivity index (χ0v) is 7.54. The number of hydrogen-bond acceptors (Lipinski definition) is 5. The molecule has 1 fully saturated rings. The fraction of sp³-hybridized carbons (Fsp3) is 0.750. The number of nitrogens with one attached hydrogen (secondary N) is 1. The first kappa shape index (κ1) is 9.98. The molecule has 1 rings (SSSR count). The van der Waals surface area contributed by atoms with Crippen LogP contribution in [0.5, 0.6) is 0 Å². The van der Waals surface area contributed by atoms with Crippen LogP contribution in [0.3, 0.4) is 0 Å². The molecule has 0 bridgehead atoms. The number of piperidine rings is 1. The molecule has 1 N–H and O–H groups in total. The Kier molecular flexibility index (Phi) is 3.70. The molecule has 0 saturated carbocycles. The highest BCUT2D eigenvalue weighted by atomic mass is 16.7. The highest BCUT2D eigenvalue weighted by molar-refractivity contribution is 5.83. The van der Waals surface area contributed by atoms with Crippen molar-refractivity contribution in [2.75, 3.05) is 20.2 Å². The van der Waals surface area contributed by atoms with Gasteiger partial charge < -0.3 is 14.8 Å². The summed E-state index contributed by atoms with van der Waals surface area (Å²) in [7, 11) is 1.18. The maximum absolute atomic E-state index is 11.2. The second-order valence-corrected chi connectivity index (χ2v) is 2.90. The Morgan fingerprint density at radius 2 is 1.92 bits per heavy atom. The van der Waals surface area contributed by atoms with Crippen LogP contribution in [0.4, 0.5) is 4.79 Å². The van der Waals surface area contributed by atoms with E-state index in [1.54, 1.807) is 0 Å². The van der Waals surface area contributed by atoms with E-state index in [4.69, 9.17) is 0 Å². The molecule has 0 aliphatic carbocycles. The van der Waals surface area contributed by atoms with Crippen molar-refractivity contribution in [3.8, 4) is 0 Å². The van der Waals surface area contributed by atoms with Crippen LogP contribution in [-0.4, -0.2) is 32.3 Å². The molecular formula is C8H13NO4. The van der Waals surface area contributed by atoms with E-state index >= 15 is 0 Å². The fourth-order valence-electron chi connectivity index (χ4n) is 1.26. The van der Waals surface area contributed by atoms with E-state index in [9.17, 15) is 9.59 Å². The zero-order chi connectivity index (χ0) is 9.68. The standard InChI is InChI=1S/C8H13NO4/c1-12-8(11)13-7(10)6-2-4-9-5-3-6/h6,9H,2-5H2,1H3. The Hall–Kier alpha value is -1.10. The van der Waals surface area contributed by atoms with Gasteiger partial charge in [0.25, 0.3) is 0 Å². The van der Waals surface area contributed by atoms with E-state index in [-0.39, 0.29) is 5.92 Å². The van der Waals surface area contributed by atoms with E-state index < -0.39 is 12.1 Å². The van der Waals surface area contributed by atoms with Crippen LogP contribution in [-0.2, 0) is 14.3 Å². The predicted octanol–water partition coefficient (Wildman–Crippen LogP) is 0.296. The number of methoxy groups -OCH3 is 1. The third-order valence-corrected chi connectivity index (χ3v) is 2.02. The molecule has 74 valence electrons. The van der Waals surface area contributed by atoms with Gasteiger partial charge >= 0.3 is 12.1 Å². The largest absolute Gasteiger partial charge is 0.515 e. The van der Waals surface area contributed by atoms with Crippen LogP contribution in [0.1, 0.15) is 12.8 Å². The van der Waals surface area contributed by atoms with Gasteiger partial charge in [0.2, 0.25) is 0 Å². The van der Waals surface area contributed by atoms with Gasteiger partial charge in [0.05, 0.1) is 13.0 Å². The van der Waals surface area contributed by atoms with Crippen molar-refractivity contribution in [1.29, 1.82) is 0 Å². The highest BCUT2D eigenvalue weighted by Gasteiger charge is 2.24. The number of rotatable bonds is 1. The summed E-state index contributed by atoms with van der Waals surface area (Å²) in [6, 6.07) is 0. The summed E-state index contributed by atoms with van der Waals surface area (Å²) in [5.41, 5.74) is 0. The number of hydrogen-bond donors (Lipinski definition) is 1. The lowest BCUT2D eigenvalue weighted by Gasteiger charge is -2.19. The number of carbonyl (C=O) groups is 2. The molecule has 1 heterocycles. The third-order valence-electron chi connectivity index (χ3n) is 2.02. The number of ether oxygens (including phenoxy) is 2. The van der Waals surface area contributed by atoms with Crippen LogP contribution < -0.4 is 5.32 Å². The van der Waals surface area contributed by atoms with Crippen LogP contribution >= 0.6 is 0 Å². The summed E-state index contributed by atoms with van der Waals surface area (Å²) in [5.74, 6) is -0.645. The van der Waals surface area contributed by atoms with Crippen molar-refractivity contribution >= 4 is 12.1 Å². The molecule has 0 radical (unpaired) electrons. The highest BCUT2D eigenvalue weighted by Crippen LogP contribution is 2.13. The van der Waals surface area contributed by atoms with E-state index in [1.807, 2.05) is 0 Å². The van der Waals surface area contributed by atoms with Gasteiger partial charge in [-0.1, -0.05) is 0 Å². The molecule has 13 heavy (non-hydrogen) atoms. The average molecular weight is 187 g/mol. The Morgan fingerprint density at radius 3 is 2.46 bits per heavy atom. The topological polar surface area (TPSA) is 64.6 Å². The van der Waals surface area contributed by atoms with Gasteiger partial charge in [0, 0.05) is 0 Å². The molecule has 0 aromatic rings. The van der Waals surface area contributed by atoms with Crippen LogP contribution in [0.2, 0.25) is 0 Å². The Bertz CT molecular complexity index is 198. The second kappa shape index (κ2) is 4.81. The summed E-state index contributed by atoms with van der Waals surface area (Å²) < 4.78 is 8.63. The van der Waals surface area contributed by atoms with Gasteiger partial charge in [0.1, 0.15) is 0 Å². The minimum Gasteiger partial charge on any atom is -0.437 e. The fourth-order valence-corrected chi connectivity index (χ4v) is 1.26. The maximum Gasteiger partial charge on any atom is 0.515 e. The normalized spacial score (nSPS) is 17.9. The quantitative estimate of drug-likeness (QED) is 0.472. The molecule has 1 saturated heterocycles. The minimum atomic E-state index is -0.927. The molecule has 0 aromatic carbocycles. The first-order chi connectivity index (χ1) is 6.24. The SMILES string of the molecule is COC(=O)OC(=O)C1CCNCC1. The van der Waals surface area contributed by atoms with Crippen molar-refractivity contribution in [2.45, 2.75) is 12.8 Å². The van der Waals surface area contributed by atoms with Gasteiger partial charge in [-0.15, -0.1) is 0 Å². The van der Waals surface area contributed by atoms with E-state index in [2.05, 4.69) is 14.8 Å². The molecule has 1 aliphatic heterocycles. The molecular weight excluding hydrogens is 174 g/mol. The predicted molar refractivity (Wildman–Crippen MR) is 44.1 cm³/mol. The Balaban J connectivity index is 2.33. The molecule has 0 unspecified atom stereocenters. The van der Waals surface area contributed by atoms with Crippen LogP contribution in [0.25, 0.3) is 0 Å².